The maximum absolute atomic E-state index is 13.4. The monoisotopic (exact) mass is 362 g/mol. The largest absolute Gasteiger partial charge is 0.323 e. The average Bonchev–Trinajstić information content (AvgIpc) is 3.16. The first-order valence-electron chi connectivity index (χ1n) is 8.42. The first kappa shape index (κ1) is 16.5. The molecule has 0 aliphatic carbocycles. The highest BCUT2D eigenvalue weighted by atomic mass is 32.1. The molecule has 0 unspecified atom stereocenters. The fourth-order valence-electron chi connectivity index (χ4n) is 3.38. The van der Waals surface area contributed by atoms with E-state index in [1.807, 2.05) is 79.0 Å². The second-order valence-electron chi connectivity index (χ2n) is 6.35. The van der Waals surface area contributed by atoms with Crippen LogP contribution in [-0.4, -0.2) is 11.8 Å². The second-order valence-corrected chi connectivity index (χ2v) is 7.30. The molecule has 130 valence electrons. The van der Waals surface area contributed by atoms with Gasteiger partial charge in [0.25, 0.3) is 5.91 Å². The first-order chi connectivity index (χ1) is 12.6. The van der Waals surface area contributed by atoms with Crippen LogP contribution in [0.25, 0.3) is 0 Å². The van der Waals surface area contributed by atoms with E-state index in [0.29, 0.717) is 0 Å². The number of aryl methyl sites for hydroxylation is 1. The Balaban J connectivity index is 1.77. The van der Waals surface area contributed by atoms with Gasteiger partial charge in [0, 0.05) is 16.3 Å². The van der Waals surface area contributed by atoms with Gasteiger partial charge < -0.3 is 5.32 Å². The summed E-state index contributed by atoms with van der Waals surface area (Å²) in [6, 6.07) is 20.9. The fourth-order valence-corrected chi connectivity index (χ4v) is 4.30. The van der Waals surface area contributed by atoms with Gasteiger partial charge in [-0.2, -0.15) is 0 Å². The third-order valence-electron chi connectivity index (χ3n) is 4.75. The minimum absolute atomic E-state index is 0.0514. The summed E-state index contributed by atoms with van der Waals surface area (Å²) in [5, 5.41) is 4.97. The average molecular weight is 362 g/mol. The van der Waals surface area contributed by atoms with Crippen LogP contribution in [0.15, 0.2) is 72.1 Å². The molecule has 2 amide bonds. The molecule has 2 aromatic carbocycles. The molecule has 4 rings (SSSR count). The highest BCUT2D eigenvalue weighted by molar-refractivity contribution is 7.10. The third-order valence-corrected chi connectivity index (χ3v) is 5.77. The van der Waals surface area contributed by atoms with Crippen molar-refractivity contribution in [2.75, 3.05) is 10.2 Å². The summed E-state index contributed by atoms with van der Waals surface area (Å²) in [6.07, 6.45) is 0.167. The number of β-lactam (4-membered cyclic amide) rings is 1. The van der Waals surface area contributed by atoms with E-state index < -0.39 is 5.54 Å². The smallest absolute Gasteiger partial charge is 0.256 e. The summed E-state index contributed by atoms with van der Waals surface area (Å²) < 4.78 is 0. The number of para-hydroxylation sites is 2. The number of hydrogen-bond acceptors (Lipinski definition) is 3. The van der Waals surface area contributed by atoms with Gasteiger partial charge in [-0.15, -0.1) is 11.3 Å². The molecule has 5 heteroatoms. The van der Waals surface area contributed by atoms with Crippen LogP contribution >= 0.6 is 11.3 Å². The Hall–Kier alpha value is -2.92. The molecule has 1 atom stereocenters. The predicted molar refractivity (Wildman–Crippen MR) is 104 cm³/mol. The Labute approximate surface area is 156 Å². The number of thiophene rings is 1. The lowest BCUT2D eigenvalue weighted by Gasteiger charge is -2.49. The fraction of sp³-hybridized carbons (Fsp3) is 0.143. The Kier molecular flexibility index (Phi) is 4.09. The number of carbonyl (C=O) groups is 2. The van der Waals surface area contributed by atoms with Gasteiger partial charge in [-0.25, -0.2) is 0 Å². The predicted octanol–water partition coefficient (Wildman–Crippen LogP) is 4.33. The number of rotatable bonds is 4. The lowest BCUT2D eigenvalue weighted by atomic mass is 9.80. The minimum atomic E-state index is -1.01. The molecule has 0 spiro atoms. The van der Waals surface area contributed by atoms with Gasteiger partial charge in [0.1, 0.15) is 0 Å². The molecule has 3 aromatic rings. The van der Waals surface area contributed by atoms with Gasteiger partial charge in [0.05, 0.1) is 6.42 Å². The molecule has 1 saturated heterocycles. The first-order valence-corrected chi connectivity index (χ1v) is 9.30. The van der Waals surface area contributed by atoms with Crippen molar-refractivity contribution in [2.24, 2.45) is 0 Å². The van der Waals surface area contributed by atoms with E-state index >= 15 is 0 Å². The topological polar surface area (TPSA) is 49.4 Å². The van der Waals surface area contributed by atoms with E-state index in [1.165, 1.54) is 11.3 Å². The zero-order chi connectivity index (χ0) is 18.1. The zero-order valence-corrected chi connectivity index (χ0v) is 15.1. The maximum atomic E-state index is 13.4. The maximum Gasteiger partial charge on any atom is 0.256 e. The highest BCUT2D eigenvalue weighted by Crippen LogP contribution is 2.47. The van der Waals surface area contributed by atoms with Gasteiger partial charge in [-0.05, 0) is 42.1 Å². The number of carbonyl (C=O) groups excluding carboxylic acids is 2. The van der Waals surface area contributed by atoms with Gasteiger partial charge in [-0.1, -0.05) is 42.5 Å². The molecular weight excluding hydrogens is 344 g/mol. The standard InChI is InChI=1S/C21H18N2O2S/c1-15-8-5-6-11-17(15)22-20(25)21(18-12-7-13-26-18)14-19(24)23(21)16-9-3-2-4-10-16/h2-13H,14H2,1H3,(H,22,25)/t21-/m1/s1. The minimum Gasteiger partial charge on any atom is -0.323 e. The van der Waals surface area contributed by atoms with Crippen molar-refractivity contribution in [1.29, 1.82) is 0 Å². The van der Waals surface area contributed by atoms with Crippen molar-refractivity contribution in [1.82, 2.24) is 0 Å². The van der Waals surface area contributed by atoms with Crippen molar-refractivity contribution < 1.29 is 9.59 Å². The number of nitrogens with one attached hydrogen (secondary N) is 1. The quantitative estimate of drug-likeness (QED) is 0.703. The molecule has 0 radical (unpaired) electrons. The molecule has 0 saturated carbocycles. The Bertz CT molecular complexity index is 953. The van der Waals surface area contributed by atoms with Gasteiger partial charge in [0.15, 0.2) is 5.54 Å². The zero-order valence-electron chi connectivity index (χ0n) is 14.3. The van der Waals surface area contributed by atoms with Gasteiger partial charge in [-0.3, -0.25) is 14.5 Å². The normalized spacial score (nSPS) is 19.1. The lowest BCUT2D eigenvalue weighted by molar-refractivity contribution is -0.137. The van der Waals surface area contributed by atoms with Crippen molar-refractivity contribution in [3.8, 4) is 0 Å². The lowest BCUT2D eigenvalue weighted by Crippen LogP contribution is -2.67. The molecule has 1 N–H and O–H groups in total. The molecule has 2 heterocycles. The third kappa shape index (κ3) is 2.52. The van der Waals surface area contributed by atoms with E-state index in [1.54, 1.807) is 4.90 Å². The van der Waals surface area contributed by atoms with Gasteiger partial charge in [0.2, 0.25) is 5.91 Å². The summed E-state index contributed by atoms with van der Waals surface area (Å²) in [5.41, 5.74) is 1.48. The number of amides is 2. The number of nitrogens with zero attached hydrogens (tertiary/aromatic N) is 1. The van der Waals surface area contributed by atoms with E-state index in [9.17, 15) is 9.59 Å². The molecule has 26 heavy (non-hydrogen) atoms. The van der Waals surface area contributed by atoms with Crippen LogP contribution in [0.5, 0.6) is 0 Å². The summed E-state index contributed by atoms with van der Waals surface area (Å²) in [7, 11) is 0. The van der Waals surface area contributed by atoms with E-state index in [-0.39, 0.29) is 18.2 Å². The van der Waals surface area contributed by atoms with Gasteiger partial charge >= 0.3 is 0 Å². The molecular formula is C21H18N2O2S. The highest BCUT2D eigenvalue weighted by Gasteiger charge is 2.59. The Morgan fingerprint density at radius 2 is 1.77 bits per heavy atom. The molecule has 1 aliphatic rings. The Morgan fingerprint density at radius 3 is 2.42 bits per heavy atom. The number of hydrogen-bond donors (Lipinski definition) is 1. The van der Waals surface area contributed by atoms with Crippen molar-refractivity contribution >= 4 is 34.5 Å². The number of benzene rings is 2. The summed E-state index contributed by atoms with van der Waals surface area (Å²) in [4.78, 5) is 28.4. The second kappa shape index (κ2) is 6.42. The molecule has 0 bridgehead atoms. The van der Waals surface area contributed by atoms with Crippen LogP contribution in [0.2, 0.25) is 0 Å². The van der Waals surface area contributed by atoms with Crippen LogP contribution < -0.4 is 10.2 Å². The van der Waals surface area contributed by atoms with Crippen LogP contribution in [-0.2, 0) is 15.1 Å². The molecule has 1 fully saturated rings. The Morgan fingerprint density at radius 1 is 1.04 bits per heavy atom. The van der Waals surface area contributed by atoms with Crippen LogP contribution in [0, 0.1) is 6.92 Å². The molecule has 4 nitrogen and oxygen atoms in total. The van der Waals surface area contributed by atoms with Crippen molar-refractivity contribution in [3.63, 3.8) is 0 Å². The summed E-state index contributed by atoms with van der Waals surface area (Å²) in [5.74, 6) is -0.234. The van der Waals surface area contributed by atoms with Crippen LogP contribution in [0.1, 0.15) is 16.9 Å². The van der Waals surface area contributed by atoms with Crippen LogP contribution in [0.4, 0.5) is 11.4 Å². The van der Waals surface area contributed by atoms with Crippen LogP contribution in [0.3, 0.4) is 0 Å². The van der Waals surface area contributed by atoms with E-state index in [0.717, 1.165) is 21.8 Å². The van der Waals surface area contributed by atoms with E-state index in [4.69, 9.17) is 0 Å². The summed E-state index contributed by atoms with van der Waals surface area (Å²) in [6.45, 7) is 1.95. The SMILES string of the molecule is Cc1ccccc1NC(=O)[C@]1(c2cccs2)CC(=O)N1c1ccccc1. The van der Waals surface area contributed by atoms with E-state index in [2.05, 4.69) is 5.32 Å². The van der Waals surface area contributed by atoms with Crippen molar-refractivity contribution in [3.05, 3.63) is 82.6 Å². The van der Waals surface area contributed by atoms with Crippen molar-refractivity contribution in [2.45, 2.75) is 18.9 Å². The molecule has 1 aliphatic heterocycles. The molecule has 1 aromatic heterocycles. The number of anilines is 2. The summed E-state index contributed by atoms with van der Waals surface area (Å²) >= 11 is 1.49.